The third kappa shape index (κ3) is 10.1. The van der Waals surface area contributed by atoms with Crippen LogP contribution in [0.15, 0.2) is 42.5 Å². The molecule has 1 aliphatic rings. The van der Waals surface area contributed by atoms with Gasteiger partial charge in [-0.05, 0) is 49.8 Å². The van der Waals surface area contributed by atoms with Crippen molar-refractivity contribution in [2.75, 3.05) is 7.05 Å². The van der Waals surface area contributed by atoms with Crippen LogP contribution in [0.2, 0.25) is 0 Å². The van der Waals surface area contributed by atoms with Crippen LogP contribution in [0.25, 0.3) is 0 Å². The molecule has 0 heterocycles. The summed E-state index contributed by atoms with van der Waals surface area (Å²) in [6.07, 6.45) is 11.5. The first kappa shape index (κ1) is 30.7. The molecule has 0 radical (unpaired) electrons. The maximum absolute atomic E-state index is 12.5. The van der Waals surface area contributed by atoms with E-state index >= 15 is 0 Å². The quantitative estimate of drug-likeness (QED) is 0.158. The van der Waals surface area contributed by atoms with E-state index in [1.165, 1.54) is 4.90 Å². The van der Waals surface area contributed by atoms with E-state index < -0.39 is 18.4 Å². The van der Waals surface area contributed by atoms with Gasteiger partial charge in [0.15, 0.2) is 0 Å². The first-order valence-corrected chi connectivity index (χ1v) is 13.6. The van der Waals surface area contributed by atoms with Crippen LogP contribution in [0.1, 0.15) is 75.8 Å². The Hall–Kier alpha value is -2.48. The highest BCUT2D eigenvalue weighted by atomic mass is 16.3. The maximum atomic E-state index is 12.5. The van der Waals surface area contributed by atoms with Gasteiger partial charge in [-0.25, -0.2) is 0 Å². The van der Waals surface area contributed by atoms with Crippen molar-refractivity contribution in [1.29, 1.82) is 0 Å². The molecule has 7 heteroatoms. The van der Waals surface area contributed by atoms with E-state index in [4.69, 9.17) is 0 Å². The first-order chi connectivity index (χ1) is 17.6. The molecule has 1 saturated carbocycles. The number of nitrogens with zero attached hydrogens (tertiary/aromatic N) is 1. The van der Waals surface area contributed by atoms with Crippen molar-refractivity contribution in [1.82, 2.24) is 4.90 Å². The Morgan fingerprint density at radius 1 is 1.19 bits per heavy atom. The number of carbonyl (C=O) groups is 2. The molecule has 7 nitrogen and oxygen atoms in total. The fourth-order valence-corrected chi connectivity index (χ4v) is 4.69. The molecular weight excluding hydrogens is 470 g/mol. The molecule has 0 bridgehead atoms. The Bertz CT molecular complexity index is 927. The van der Waals surface area contributed by atoms with Gasteiger partial charge in [-0.2, -0.15) is 0 Å². The third-order valence-electron chi connectivity index (χ3n) is 7.24. The second-order valence-corrected chi connectivity index (χ2v) is 10.3. The highest BCUT2D eigenvalue weighted by Crippen LogP contribution is 2.33. The second kappa shape index (κ2) is 15.7. The van der Waals surface area contributed by atoms with E-state index in [0.717, 1.165) is 30.4 Å². The lowest BCUT2D eigenvalue weighted by molar-refractivity contribution is -0.138. The molecule has 5 atom stereocenters. The lowest BCUT2D eigenvalue weighted by Crippen LogP contribution is -2.38. The zero-order valence-corrected chi connectivity index (χ0v) is 22.6. The second-order valence-electron chi connectivity index (χ2n) is 10.3. The number of ketones is 1. The number of phenolic OH excluding ortho intramolecular Hbond substituents is 1. The van der Waals surface area contributed by atoms with Gasteiger partial charge in [0.2, 0.25) is 5.91 Å². The third-order valence-corrected chi connectivity index (χ3v) is 7.24. The van der Waals surface area contributed by atoms with Crippen molar-refractivity contribution >= 4 is 11.7 Å². The molecule has 1 aromatic carbocycles. The number of hydrogen-bond acceptors (Lipinski definition) is 6. The van der Waals surface area contributed by atoms with Crippen LogP contribution in [-0.4, -0.2) is 62.5 Å². The molecule has 4 N–H and O–H groups in total. The fraction of sp³-hybridized carbons (Fsp3) is 0.600. The molecule has 0 aliphatic heterocycles. The molecular formula is C30H45NO6. The standard InChI is InChI=1S/C30H45NO6/c1-4-5-8-11-23(32)16-17-25-24(27(34)20-28(25)35)12-9-6-7-10-13-29(36)31(3)30(37)19-22-15-14-21(2)26(33)18-22/h6,9,14-18,23-25,28,30,32-33,35,37H,4-5,7-8,10-13,19-20H2,1-3H3/b9-6-,17-16+/t23-,24+,25+,28+,30?/m0/s1. The molecule has 2 rings (SSSR count). The van der Waals surface area contributed by atoms with E-state index in [0.29, 0.717) is 32.1 Å². The average Bonchev–Trinajstić information content (AvgIpc) is 3.13. The highest BCUT2D eigenvalue weighted by molar-refractivity contribution is 5.84. The smallest absolute Gasteiger partial charge is 0.224 e. The van der Waals surface area contributed by atoms with E-state index in [9.17, 15) is 30.0 Å². The van der Waals surface area contributed by atoms with Crippen LogP contribution < -0.4 is 0 Å². The van der Waals surface area contributed by atoms with Crippen molar-refractivity contribution in [3.8, 4) is 5.75 Å². The molecule has 0 saturated heterocycles. The Labute approximate surface area is 221 Å². The number of aryl methyl sites for hydroxylation is 1. The molecule has 0 aromatic heterocycles. The van der Waals surface area contributed by atoms with Gasteiger partial charge < -0.3 is 25.3 Å². The minimum absolute atomic E-state index is 0.0416. The SMILES string of the molecule is CCCCC[C@H](O)/C=C/[C@H]1[C@H](O)CC(=O)[C@@H]1C/C=C\CCCC(=O)N(C)C(O)Cc1ccc(C)c(O)c1. The van der Waals surface area contributed by atoms with Crippen LogP contribution in [0.5, 0.6) is 5.75 Å². The van der Waals surface area contributed by atoms with Gasteiger partial charge in [-0.15, -0.1) is 0 Å². The van der Waals surface area contributed by atoms with Gasteiger partial charge >= 0.3 is 0 Å². The molecule has 37 heavy (non-hydrogen) atoms. The Morgan fingerprint density at radius 2 is 1.95 bits per heavy atom. The van der Waals surface area contributed by atoms with Gasteiger partial charge in [0.05, 0.1) is 12.2 Å². The van der Waals surface area contributed by atoms with Gasteiger partial charge in [0.25, 0.3) is 0 Å². The summed E-state index contributed by atoms with van der Waals surface area (Å²) < 4.78 is 0. The molecule has 1 aliphatic carbocycles. The molecule has 1 amide bonds. The fourth-order valence-electron chi connectivity index (χ4n) is 4.69. The summed E-state index contributed by atoms with van der Waals surface area (Å²) in [5, 5.41) is 40.7. The van der Waals surface area contributed by atoms with Crippen LogP contribution in [0.3, 0.4) is 0 Å². The minimum atomic E-state index is -0.972. The predicted octanol–water partition coefficient (Wildman–Crippen LogP) is 4.20. The summed E-state index contributed by atoms with van der Waals surface area (Å²) in [5.74, 6) is -0.532. The molecule has 1 aromatic rings. The van der Waals surface area contributed by atoms with Crippen molar-refractivity contribution < 1.29 is 30.0 Å². The van der Waals surface area contributed by atoms with Crippen molar-refractivity contribution in [2.45, 2.75) is 96.5 Å². The zero-order chi connectivity index (χ0) is 27.4. The Balaban J connectivity index is 1.75. The predicted molar refractivity (Wildman–Crippen MR) is 145 cm³/mol. The summed E-state index contributed by atoms with van der Waals surface area (Å²) in [7, 11) is 1.57. The van der Waals surface area contributed by atoms with Crippen molar-refractivity contribution in [3.63, 3.8) is 0 Å². The first-order valence-electron chi connectivity index (χ1n) is 13.6. The van der Waals surface area contributed by atoms with E-state index in [2.05, 4.69) is 6.92 Å². The van der Waals surface area contributed by atoms with E-state index in [1.54, 1.807) is 32.2 Å². The number of amides is 1. The molecule has 206 valence electrons. The van der Waals surface area contributed by atoms with Gasteiger partial charge in [-0.3, -0.25) is 9.59 Å². The monoisotopic (exact) mass is 515 g/mol. The summed E-state index contributed by atoms with van der Waals surface area (Å²) in [5.41, 5.74) is 1.51. The largest absolute Gasteiger partial charge is 0.508 e. The van der Waals surface area contributed by atoms with Crippen LogP contribution >= 0.6 is 0 Å². The number of unbranched alkanes of at least 4 members (excludes halogenated alkanes) is 3. The molecule has 1 fully saturated rings. The Kier molecular flexibility index (Phi) is 13.0. The number of phenols is 1. The number of aromatic hydroxyl groups is 1. The summed E-state index contributed by atoms with van der Waals surface area (Å²) in [6.45, 7) is 3.91. The van der Waals surface area contributed by atoms with E-state index in [-0.39, 0.29) is 42.1 Å². The van der Waals surface area contributed by atoms with Crippen LogP contribution in [-0.2, 0) is 16.0 Å². The number of likely N-dealkylation sites (N-methyl/N-ethyl adjacent to an activating group) is 1. The van der Waals surface area contributed by atoms with Crippen molar-refractivity contribution in [2.24, 2.45) is 11.8 Å². The van der Waals surface area contributed by atoms with Gasteiger partial charge in [-0.1, -0.05) is 62.6 Å². The van der Waals surface area contributed by atoms with Crippen LogP contribution in [0, 0.1) is 18.8 Å². The molecule has 1 unspecified atom stereocenters. The number of aliphatic hydroxyl groups is 3. The summed E-state index contributed by atoms with van der Waals surface area (Å²) in [4.78, 5) is 26.2. The van der Waals surface area contributed by atoms with Gasteiger partial charge in [0.1, 0.15) is 17.8 Å². The number of aliphatic hydroxyl groups excluding tert-OH is 3. The average molecular weight is 516 g/mol. The number of allylic oxidation sites excluding steroid dienone is 2. The zero-order valence-electron chi connectivity index (χ0n) is 22.6. The Morgan fingerprint density at radius 3 is 2.65 bits per heavy atom. The number of hydrogen-bond donors (Lipinski definition) is 4. The topological polar surface area (TPSA) is 118 Å². The van der Waals surface area contributed by atoms with Gasteiger partial charge in [0, 0.05) is 38.1 Å². The normalized spacial score (nSPS) is 21.7. The lowest BCUT2D eigenvalue weighted by Gasteiger charge is -2.24. The number of Topliss-reactive ketones (excluding diaryl/α,β-unsaturated/α-hetero) is 1. The lowest BCUT2D eigenvalue weighted by atomic mass is 9.90. The molecule has 0 spiro atoms. The van der Waals surface area contributed by atoms with Crippen molar-refractivity contribution in [3.05, 3.63) is 53.6 Å². The van der Waals surface area contributed by atoms with Crippen LogP contribution in [0.4, 0.5) is 0 Å². The van der Waals surface area contributed by atoms with E-state index in [1.807, 2.05) is 24.3 Å². The number of carbonyl (C=O) groups excluding carboxylic acids is 2. The summed E-state index contributed by atoms with van der Waals surface area (Å²) >= 11 is 0. The number of benzene rings is 1. The maximum Gasteiger partial charge on any atom is 0.224 e. The summed E-state index contributed by atoms with van der Waals surface area (Å²) in [6, 6.07) is 5.21. The highest BCUT2D eigenvalue weighted by Gasteiger charge is 2.39. The number of rotatable bonds is 15. The minimum Gasteiger partial charge on any atom is -0.508 e.